The fraction of sp³-hybridized carbons (Fsp3) is 0.300. The fourth-order valence-corrected chi connectivity index (χ4v) is 2.75. The van der Waals surface area contributed by atoms with Gasteiger partial charge in [-0.1, -0.05) is 0 Å². The van der Waals surface area contributed by atoms with Crippen molar-refractivity contribution >= 4 is 33.4 Å². The number of nitrogens with two attached hydrogens (primary N) is 1. The Morgan fingerprint density at radius 2 is 2.15 bits per heavy atom. The third-order valence-electron chi connectivity index (χ3n) is 2.11. The van der Waals surface area contributed by atoms with E-state index >= 15 is 0 Å². The van der Waals surface area contributed by atoms with Gasteiger partial charge >= 0.3 is 5.97 Å². The van der Waals surface area contributed by atoms with Crippen molar-refractivity contribution in [2.75, 3.05) is 12.4 Å². The summed E-state index contributed by atoms with van der Waals surface area (Å²) in [6.45, 7) is 1.82. The van der Waals surface area contributed by atoms with E-state index in [1.165, 1.54) is 0 Å². The highest BCUT2D eigenvalue weighted by molar-refractivity contribution is 8.00. The van der Waals surface area contributed by atoms with Crippen molar-refractivity contribution in [1.29, 1.82) is 0 Å². The minimum atomic E-state index is -3.97. The van der Waals surface area contributed by atoms with E-state index in [9.17, 15) is 23.3 Å². The average molecular weight is 320 g/mol. The number of hydrogen-bond acceptors (Lipinski definition) is 7. The van der Waals surface area contributed by atoms with Crippen LogP contribution in [0.3, 0.4) is 0 Å². The number of esters is 1. The number of carbonyl (C=O) groups is 1. The summed E-state index contributed by atoms with van der Waals surface area (Å²) in [6.07, 6.45) is 0. The molecule has 1 rings (SSSR count). The van der Waals surface area contributed by atoms with Crippen LogP contribution >= 0.6 is 11.8 Å². The maximum Gasteiger partial charge on any atom is 0.316 e. The van der Waals surface area contributed by atoms with Crippen molar-refractivity contribution in [3.63, 3.8) is 0 Å². The summed E-state index contributed by atoms with van der Waals surface area (Å²) in [7, 11) is -3.97. The van der Waals surface area contributed by atoms with Gasteiger partial charge in [0.05, 0.1) is 27.1 Å². The molecule has 0 unspecified atom stereocenters. The molecule has 110 valence electrons. The van der Waals surface area contributed by atoms with Gasteiger partial charge in [0.25, 0.3) is 5.69 Å². The monoisotopic (exact) mass is 320 g/mol. The van der Waals surface area contributed by atoms with Crippen molar-refractivity contribution in [2.24, 2.45) is 5.14 Å². The van der Waals surface area contributed by atoms with Gasteiger partial charge in [-0.2, -0.15) is 0 Å². The summed E-state index contributed by atoms with van der Waals surface area (Å²) in [6, 6.07) is 3.15. The molecule has 0 aliphatic heterocycles. The smallest absolute Gasteiger partial charge is 0.316 e. The zero-order valence-electron chi connectivity index (χ0n) is 10.4. The van der Waals surface area contributed by atoms with E-state index in [1.807, 2.05) is 0 Å². The molecule has 0 radical (unpaired) electrons. The minimum absolute atomic E-state index is 0.0366. The van der Waals surface area contributed by atoms with Crippen molar-refractivity contribution in [3.05, 3.63) is 28.3 Å². The van der Waals surface area contributed by atoms with E-state index in [0.29, 0.717) is 0 Å². The van der Waals surface area contributed by atoms with Crippen LogP contribution in [0, 0.1) is 10.1 Å². The molecule has 0 spiro atoms. The Morgan fingerprint density at radius 1 is 1.50 bits per heavy atom. The van der Waals surface area contributed by atoms with Gasteiger partial charge in [0, 0.05) is 6.07 Å². The Kier molecular flexibility index (Phi) is 5.48. The van der Waals surface area contributed by atoms with Crippen LogP contribution in [-0.2, 0) is 19.6 Å². The first kappa shape index (κ1) is 16.4. The summed E-state index contributed by atoms with van der Waals surface area (Å²) in [5, 5.41) is 15.8. The molecule has 0 aromatic heterocycles. The number of hydrogen-bond donors (Lipinski definition) is 1. The molecule has 0 amide bonds. The molecule has 20 heavy (non-hydrogen) atoms. The van der Waals surface area contributed by atoms with Gasteiger partial charge in [-0.3, -0.25) is 14.9 Å². The minimum Gasteiger partial charge on any atom is -0.465 e. The predicted octanol–water partition coefficient (Wildman–Crippen LogP) is 0.897. The topological polar surface area (TPSA) is 130 Å². The highest BCUT2D eigenvalue weighted by Gasteiger charge is 2.19. The van der Waals surface area contributed by atoms with Crippen LogP contribution in [0.2, 0.25) is 0 Å². The van der Waals surface area contributed by atoms with Gasteiger partial charge in [-0.05, 0) is 19.1 Å². The number of carbonyl (C=O) groups excluding carboxylic acids is 1. The molecule has 1 aromatic rings. The highest BCUT2D eigenvalue weighted by Crippen LogP contribution is 2.31. The number of primary sulfonamides is 1. The first-order valence-corrected chi connectivity index (χ1v) is 7.88. The summed E-state index contributed by atoms with van der Waals surface area (Å²) >= 11 is 0.817. The zero-order valence-corrected chi connectivity index (χ0v) is 12.1. The van der Waals surface area contributed by atoms with Crippen LogP contribution < -0.4 is 5.14 Å². The Bertz CT molecular complexity index is 629. The molecule has 10 heteroatoms. The van der Waals surface area contributed by atoms with Crippen molar-refractivity contribution in [2.45, 2.75) is 16.7 Å². The van der Waals surface area contributed by atoms with Crippen LogP contribution in [0.5, 0.6) is 0 Å². The summed E-state index contributed by atoms with van der Waals surface area (Å²) in [4.78, 5) is 21.2. The summed E-state index contributed by atoms with van der Waals surface area (Å²) < 4.78 is 27.1. The van der Waals surface area contributed by atoms with Gasteiger partial charge in [-0.15, -0.1) is 11.8 Å². The Labute approximate surface area is 119 Å². The van der Waals surface area contributed by atoms with Crippen LogP contribution in [0.4, 0.5) is 5.69 Å². The predicted molar refractivity (Wildman–Crippen MR) is 71.8 cm³/mol. The lowest BCUT2D eigenvalue weighted by Gasteiger charge is -2.05. The van der Waals surface area contributed by atoms with Gasteiger partial charge in [0.15, 0.2) is 0 Å². The fourth-order valence-electron chi connectivity index (χ4n) is 1.28. The van der Waals surface area contributed by atoms with Crippen molar-refractivity contribution in [1.82, 2.24) is 0 Å². The van der Waals surface area contributed by atoms with Gasteiger partial charge in [0.2, 0.25) is 10.0 Å². The number of nitrogens with zero attached hydrogens (tertiary/aromatic N) is 1. The van der Waals surface area contributed by atoms with E-state index in [4.69, 9.17) is 5.14 Å². The third-order valence-corrected chi connectivity index (χ3v) is 4.04. The Morgan fingerprint density at radius 3 is 2.65 bits per heavy atom. The Balaban J connectivity index is 3.07. The molecule has 0 aliphatic carbocycles. The van der Waals surface area contributed by atoms with E-state index in [2.05, 4.69) is 4.74 Å². The summed E-state index contributed by atoms with van der Waals surface area (Å²) in [5.74, 6) is -0.712. The molecule has 8 nitrogen and oxygen atoms in total. The number of nitro benzene ring substituents is 1. The lowest BCUT2D eigenvalue weighted by molar-refractivity contribution is -0.387. The number of sulfonamides is 1. The number of benzene rings is 1. The first-order valence-electron chi connectivity index (χ1n) is 5.35. The zero-order chi connectivity index (χ0) is 15.3. The average Bonchev–Trinajstić information content (AvgIpc) is 2.35. The molecule has 0 saturated heterocycles. The molecule has 2 N–H and O–H groups in total. The van der Waals surface area contributed by atoms with Crippen LogP contribution in [-0.4, -0.2) is 31.7 Å². The van der Waals surface area contributed by atoms with Crippen LogP contribution in [0.25, 0.3) is 0 Å². The number of rotatable bonds is 6. The quantitative estimate of drug-likeness (QED) is 0.356. The molecule has 0 fully saturated rings. The maximum absolute atomic E-state index is 11.2. The maximum atomic E-state index is 11.2. The van der Waals surface area contributed by atoms with Crippen LogP contribution in [0.15, 0.2) is 28.0 Å². The standard InChI is InChI=1S/C10H12N2O6S2/c1-2-18-10(13)6-19-9-5-7(20(11,16)17)3-4-8(9)12(14)15/h3-5H,2,6H2,1H3,(H2,11,16,17). The van der Waals surface area contributed by atoms with Gasteiger partial charge in [0.1, 0.15) is 0 Å². The Hall–Kier alpha value is -1.65. The summed E-state index contributed by atoms with van der Waals surface area (Å²) in [5.41, 5.74) is -0.299. The third kappa shape index (κ3) is 4.47. The molecule has 0 aliphatic rings. The van der Waals surface area contributed by atoms with Crippen molar-refractivity contribution < 1.29 is 22.9 Å². The second-order valence-electron chi connectivity index (χ2n) is 3.53. The second-order valence-corrected chi connectivity index (χ2v) is 6.10. The second kappa shape index (κ2) is 6.68. The van der Waals surface area contributed by atoms with E-state index in [0.717, 1.165) is 30.0 Å². The molecular formula is C10H12N2O6S2. The lowest BCUT2D eigenvalue weighted by Crippen LogP contribution is -2.12. The molecule has 0 saturated carbocycles. The van der Waals surface area contributed by atoms with Crippen molar-refractivity contribution in [3.8, 4) is 0 Å². The van der Waals surface area contributed by atoms with Crippen LogP contribution in [0.1, 0.15) is 6.92 Å². The molecular weight excluding hydrogens is 308 g/mol. The normalized spacial score (nSPS) is 11.1. The largest absolute Gasteiger partial charge is 0.465 e. The van der Waals surface area contributed by atoms with Gasteiger partial charge in [-0.25, -0.2) is 13.6 Å². The number of nitro groups is 1. The molecule has 0 atom stereocenters. The lowest BCUT2D eigenvalue weighted by atomic mass is 10.3. The molecule has 0 heterocycles. The first-order chi connectivity index (χ1) is 9.25. The van der Waals surface area contributed by atoms with Gasteiger partial charge < -0.3 is 4.74 Å². The molecule has 1 aromatic carbocycles. The molecule has 0 bridgehead atoms. The van der Waals surface area contributed by atoms with E-state index in [1.54, 1.807) is 6.92 Å². The highest BCUT2D eigenvalue weighted by atomic mass is 32.2. The SMILES string of the molecule is CCOC(=O)CSc1cc(S(N)(=O)=O)ccc1[N+](=O)[O-]. The van der Waals surface area contributed by atoms with E-state index in [-0.39, 0.29) is 27.8 Å². The number of thioether (sulfide) groups is 1. The van der Waals surface area contributed by atoms with E-state index < -0.39 is 20.9 Å². The number of ether oxygens (including phenoxy) is 1.